The van der Waals surface area contributed by atoms with Gasteiger partial charge < -0.3 is 20.1 Å². The second-order valence-electron chi connectivity index (χ2n) is 5.42. The van der Waals surface area contributed by atoms with E-state index in [-0.39, 0.29) is 30.2 Å². The first-order valence-electron chi connectivity index (χ1n) is 7.11. The molecule has 23 heavy (non-hydrogen) atoms. The Morgan fingerprint density at radius 1 is 1.35 bits per heavy atom. The summed E-state index contributed by atoms with van der Waals surface area (Å²) in [5.74, 6) is -2.45. The van der Waals surface area contributed by atoms with Gasteiger partial charge in [0.15, 0.2) is 0 Å². The molecule has 1 saturated heterocycles. The number of carbonyl (C=O) groups excluding carboxylic acids is 1. The highest BCUT2D eigenvalue weighted by molar-refractivity contribution is 5.73. The van der Waals surface area contributed by atoms with Gasteiger partial charge in [0.1, 0.15) is 17.4 Å². The topological polar surface area (TPSA) is 78.9 Å². The summed E-state index contributed by atoms with van der Waals surface area (Å²) in [7, 11) is 1.30. The molecule has 2 rings (SSSR count). The summed E-state index contributed by atoms with van der Waals surface area (Å²) >= 11 is 0. The van der Waals surface area contributed by atoms with Crippen LogP contribution < -0.4 is 10.1 Å². The fourth-order valence-corrected chi connectivity index (χ4v) is 2.92. The smallest absolute Gasteiger partial charge is 0.404 e. The van der Waals surface area contributed by atoms with Crippen LogP contribution in [0.4, 0.5) is 13.6 Å². The third-order valence-electron chi connectivity index (χ3n) is 4.03. The molecule has 126 valence electrons. The number of nitrogens with zero attached hydrogens (tertiary/aromatic N) is 1. The average Bonchev–Trinajstić information content (AvgIpc) is 2.46. The molecule has 0 radical (unpaired) electrons. The van der Waals surface area contributed by atoms with E-state index in [9.17, 15) is 18.4 Å². The van der Waals surface area contributed by atoms with Crippen molar-refractivity contribution >= 4 is 12.0 Å². The molecule has 2 unspecified atom stereocenters. The van der Waals surface area contributed by atoms with Gasteiger partial charge in [-0.25, -0.2) is 13.6 Å². The Balaban J connectivity index is 2.36. The second kappa shape index (κ2) is 6.80. The zero-order valence-electron chi connectivity index (χ0n) is 12.8. The van der Waals surface area contributed by atoms with Crippen LogP contribution in [0.25, 0.3) is 0 Å². The first-order valence-corrected chi connectivity index (χ1v) is 7.11. The number of hydrogen-bond donors (Lipinski definition) is 2. The van der Waals surface area contributed by atoms with E-state index < -0.39 is 29.7 Å². The number of hydrogen-bond acceptors (Lipinski definition) is 3. The minimum absolute atomic E-state index is 0.0488. The van der Waals surface area contributed by atoms with Gasteiger partial charge in [0.25, 0.3) is 0 Å². The van der Waals surface area contributed by atoms with E-state index in [1.165, 1.54) is 18.9 Å². The van der Waals surface area contributed by atoms with Crippen molar-refractivity contribution in [1.82, 2.24) is 10.2 Å². The third-order valence-corrected chi connectivity index (χ3v) is 4.03. The standard InChI is InChI=1S/C15H18F2N2O4/c1-8(20)19-4-3-10(13(7-19)18-15(21)22)14-11(16)5-9(23-2)6-12(14)17/h5-6,10,13,18H,3-4,7H2,1-2H3,(H,21,22). The number of likely N-dealkylation sites (tertiary alicyclic amines) is 1. The molecule has 6 nitrogen and oxygen atoms in total. The molecule has 2 atom stereocenters. The first-order chi connectivity index (χ1) is 10.8. The van der Waals surface area contributed by atoms with Gasteiger partial charge in [-0.2, -0.15) is 0 Å². The molecule has 1 heterocycles. The van der Waals surface area contributed by atoms with Crippen LogP contribution >= 0.6 is 0 Å². The van der Waals surface area contributed by atoms with E-state index in [1.54, 1.807) is 0 Å². The highest BCUT2D eigenvalue weighted by atomic mass is 19.1. The Kier molecular flexibility index (Phi) is 5.02. The number of piperidine rings is 1. The summed E-state index contributed by atoms with van der Waals surface area (Å²) in [5.41, 5.74) is -0.187. The van der Waals surface area contributed by atoms with Crippen LogP contribution in [-0.4, -0.2) is 48.2 Å². The molecule has 0 aromatic heterocycles. The molecule has 0 bridgehead atoms. The van der Waals surface area contributed by atoms with Crippen molar-refractivity contribution < 1.29 is 28.2 Å². The van der Waals surface area contributed by atoms with Gasteiger partial charge in [0.2, 0.25) is 5.91 Å². The Morgan fingerprint density at radius 2 is 1.96 bits per heavy atom. The number of amides is 2. The van der Waals surface area contributed by atoms with Crippen LogP contribution in [0.15, 0.2) is 12.1 Å². The van der Waals surface area contributed by atoms with Crippen molar-refractivity contribution in [1.29, 1.82) is 0 Å². The fourth-order valence-electron chi connectivity index (χ4n) is 2.92. The Hall–Kier alpha value is -2.38. The van der Waals surface area contributed by atoms with Gasteiger partial charge in [0, 0.05) is 43.6 Å². The summed E-state index contributed by atoms with van der Waals surface area (Å²) in [5, 5.41) is 11.2. The molecule has 1 aromatic rings. The highest BCUT2D eigenvalue weighted by Gasteiger charge is 2.35. The van der Waals surface area contributed by atoms with E-state index >= 15 is 0 Å². The predicted molar refractivity (Wildman–Crippen MR) is 77.5 cm³/mol. The summed E-state index contributed by atoms with van der Waals surface area (Å²) < 4.78 is 33.4. The highest BCUT2D eigenvalue weighted by Crippen LogP contribution is 2.34. The summed E-state index contributed by atoms with van der Waals surface area (Å²) in [6, 6.07) is 1.34. The summed E-state index contributed by atoms with van der Waals surface area (Å²) in [6.45, 7) is 1.74. The minimum atomic E-state index is -1.31. The minimum Gasteiger partial charge on any atom is -0.497 e. The van der Waals surface area contributed by atoms with Crippen molar-refractivity contribution in [3.63, 3.8) is 0 Å². The van der Waals surface area contributed by atoms with E-state index in [0.29, 0.717) is 6.54 Å². The molecule has 2 amide bonds. The normalized spacial score (nSPS) is 21.0. The van der Waals surface area contributed by atoms with Crippen LogP contribution in [0.2, 0.25) is 0 Å². The lowest BCUT2D eigenvalue weighted by Crippen LogP contribution is -2.52. The van der Waals surface area contributed by atoms with E-state index in [4.69, 9.17) is 9.84 Å². The number of carbonyl (C=O) groups is 2. The van der Waals surface area contributed by atoms with Crippen LogP contribution in [-0.2, 0) is 4.79 Å². The molecule has 0 saturated carbocycles. The maximum atomic E-state index is 14.3. The van der Waals surface area contributed by atoms with E-state index in [1.807, 2.05) is 0 Å². The zero-order valence-corrected chi connectivity index (χ0v) is 12.8. The molecule has 8 heteroatoms. The zero-order chi connectivity index (χ0) is 17.1. The quantitative estimate of drug-likeness (QED) is 0.889. The maximum absolute atomic E-state index is 14.3. The van der Waals surface area contributed by atoms with E-state index in [0.717, 1.165) is 12.1 Å². The van der Waals surface area contributed by atoms with Crippen molar-refractivity contribution in [3.05, 3.63) is 29.3 Å². The number of ether oxygens (including phenoxy) is 1. The van der Waals surface area contributed by atoms with Gasteiger partial charge in [-0.05, 0) is 6.42 Å². The number of nitrogens with one attached hydrogen (secondary N) is 1. The van der Waals surface area contributed by atoms with Crippen LogP contribution in [0.5, 0.6) is 5.75 Å². The van der Waals surface area contributed by atoms with Gasteiger partial charge in [0.05, 0.1) is 13.2 Å². The summed E-state index contributed by atoms with van der Waals surface area (Å²) in [4.78, 5) is 23.9. The lowest BCUT2D eigenvalue weighted by Gasteiger charge is -2.38. The van der Waals surface area contributed by atoms with Crippen molar-refractivity contribution in [3.8, 4) is 5.75 Å². The van der Waals surface area contributed by atoms with Crippen LogP contribution in [0, 0.1) is 11.6 Å². The third kappa shape index (κ3) is 3.69. The Labute approximate surface area is 132 Å². The molecule has 2 N–H and O–H groups in total. The molecule has 0 spiro atoms. The number of halogens is 2. The fraction of sp³-hybridized carbons (Fsp3) is 0.467. The van der Waals surface area contributed by atoms with E-state index in [2.05, 4.69) is 5.32 Å². The first kappa shape index (κ1) is 17.0. The van der Waals surface area contributed by atoms with Gasteiger partial charge >= 0.3 is 6.09 Å². The number of methoxy groups -OCH3 is 1. The van der Waals surface area contributed by atoms with Gasteiger partial charge in [-0.1, -0.05) is 0 Å². The van der Waals surface area contributed by atoms with Crippen LogP contribution in [0.1, 0.15) is 24.8 Å². The molecular weight excluding hydrogens is 310 g/mol. The molecule has 0 aliphatic carbocycles. The van der Waals surface area contributed by atoms with Crippen molar-refractivity contribution in [2.24, 2.45) is 0 Å². The second-order valence-corrected chi connectivity index (χ2v) is 5.42. The maximum Gasteiger partial charge on any atom is 0.404 e. The van der Waals surface area contributed by atoms with Crippen molar-refractivity contribution in [2.75, 3.05) is 20.2 Å². The molecule has 1 aliphatic heterocycles. The number of carboxylic acid groups (broad SMARTS) is 1. The molecule has 1 aliphatic rings. The monoisotopic (exact) mass is 328 g/mol. The largest absolute Gasteiger partial charge is 0.497 e. The molecular formula is C15H18F2N2O4. The van der Waals surface area contributed by atoms with Crippen LogP contribution in [0.3, 0.4) is 0 Å². The number of rotatable bonds is 3. The molecule has 1 fully saturated rings. The molecule has 1 aromatic carbocycles. The SMILES string of the molecule is COc1cc(F)c(C2CCN(C(C)=O)CC2NC(=O)O)c(F)c1. The Bertz CT molecular complexity index is 600. The lowest BCUT2D eigenvalue weighted by atomic mass is 9.84. The van der Waals surface area contributed by atoms with Crippen molar-refractivity contribution in [2.45, 2.75) is 25.3 Å². The predicted octanol–water partition coefficient (Wildman–Crippen LogP) is 1.95. The average molecular weight is 328 g/mol. The summed E-state index contributed by atoms with van der Waals surface area (Å²) in [6.07, 6.45) is -1.05. The van der Waals surface area contributed by atoms with Gasteiger partial charge in [-0.15, -0.1) is 0 Å². The lowest BCUT2D eigenvalue weighted by molar-refractivity contribution is -0.130. The number of benzene rings is 1. The Morgan fingerprint density at radius 3 is 2.43 bits per heavy atom. The van der Waals surface area contributed by atoms with Gasteiger partial charge in [-0.3, -0.25) is 4.79 Å².